The predicted octanol–water partition coefficient (Wildman–Crippen LogP) is 1.39. The fraction of sp³-hybridized carbons (Fsp3) is 1.00. The summed E-state index contributed by atoms with van der Waals surface area (Å²) in [6, 6.07) is 0.395. The van der Waals surface area contributed by atoms with E-state index in [-0.39, 0.29) is 0 Å². The van der Waals surface area contributed by atoms with Crippen LogP contribution in [0.25, 0.3) is 0 Å². The van der Waals surface area contributed by atoms with Gasteiger partial charge in [-0.1, -0.05) is 20.8 Å². The van der Waals surface area contributed by atoms with Crippen LogP contribution in [0.2, 0.25) is 0 Å². The molecular weight excluding hydrogens is 210 g/mol. The van der Waals surface area contributed by atoms with E-state index in [1.165, 1.54) is 52.1 Å². The Morgan fingerprint density at radius 2 is 1.71 bits per heavy atom. The van der Waals surface area contributed by atoms with Gasteiger partial charge < -0.3 is 15.5 Å². The summed E-state index contributed by atoms with van der Waals surface area (Å²) >= 11 is 0. The van der Waals surface area contributed by atoms with E-state index in [1.54, 1.807) is 0 Å². The molecular formula is C14H29N3. The number of hydrogen-bond acceptors (Lipinski definition) is 3. The molecule has 2 atom stereocenters. The largest absolute Gasteiger partial charge is 0.327 e. The van der Waals surface area contributed by atoms with Crippen molar-refractivity contribution in [3.63, 3.8) is 0 Å². The molecule has 0 radical (unpaired) electrons. The van der Waals surface area contributed by atoms with Gasteiger partial charge in [-0.3, -0.25) is 0 Å². The van der Waals surface area contributed by atoms with Crippen molar-refractivity contribution >= 4 is 0 Å². The van der Waals surface area contributed by atoms with Crippen LogP contribution in [-0.4, -0.2) is 55.1 Å². The molecule has 1 saturated carbocycles. The molecule has 0 aromatic heterocycles. The van der Waals surface area contributed by atoms with Crippen molar-refractivity contribution in [1.82, 2.24) is 9.80 Å². The fourth-order valence-electron chi connectivity index (χ4n) is 3.37. The Kier molecular flexibility index (Phi) is 4.11. The predicted molar refractivity (Wildman–Crippen MR) is 73.0 cm³/mol. The van der Waals surface area contributed by atoms with Crippen molar-refractivity contribution in [1.29, 1.82) is 0 Å². The van der Waals surface area contributed by atoms with E-state index in [0.717, 1.165) is 5.92 Å². The molecule has 1 heterocycles. The third-order valence-corrected chi connectivity index (χ3v) is 4.97. The molecule has 3 nitrogen and oxygen atoms in total. The highest BCUT2D eigenvalue weighted by Crippen LogP contribution is 2.40. The van der Waals surface area contributed by atoms with Crippen LogP contribution in [0.5, 0.6) is 0 Å². The van der Waals surface area contributed by atoms with Gasteiger partial charge in [0.15, 0.2) is 0 Å². The van der Waals surface area contributed by atoms with Crippen molar-refractivity contribution in [3.05, 3.63) is 0 Å². The van der Waals surface area contributed by atoms with Gasteiger partial charge in [0, 0.05) is 38.8 Å². The van der Waals surface area contributed by atoms with E-state index < -0.39 is 0 Å². The summed E-state index contributed by atoms with van der Waals surface area (Å²) in [6.07, 6.45) is 2.62. The molecule has 2 fully saturated rings. The van der Waals surface area contributed by atoms with Crippen molar-refractivity contribution in [2.45, 2.75) is 39.7 Å². The molecule has 0 bridgehead atoms. The maximum absolute atomic E-state index is 6.39. The number of piperazine rings is 1. The van der Waals surface area contributed by atoms with Crippen LogP contribution in [0.4, 0.5) is 0 Å². The Hall–Kier alpha value is -0.120. The van der Waals surface area contributed by atoms with Crippen molar-refractivity contribution in [2.75, 3.05) is 39.3 Å². The Labute approximate surface area is 106 Å². The summed E-state index contributed by atoms with van der Waals surface area (Å²) in [5, 5.41) is 0. The summed E-state index contributed by atoms with van der Waals surface area (Å²) in [6.45, 7) is 14.3. The van der Waals surface area contributed by atoms with E-state index in [9.17, 15) is 0 Å². The first-order valence-corrected chi connectivity index (χ1v) is 7.23. The topological polar surface area (TPSA) is 32.5 Å². The molecule has 1 aliphatic carbocycles. The summed E-state index contributed by atoms with van der Waals surface area (Å²) in [5.41, 5.74) is 6.75. The molecule has 1 aliphatic heterocycles. The van der Waals surface area contributed by atoms with Gasteiger partial charge in [0.2, 0.25) is 0 Å². The normalized spacial score (nSPS) is 35.3. The van der Waals surface area contributed by atoms with E-state index in [1.807, 2.05) is 0 Å². The number of nitrogens with zero attached hydrogens (tertiary/aromatic N) is 2. The van der Waals surface area contributed by atoms with Crippen LogP contribution in [0.15, 0.2) is 0 Å². The molecule has 2 N–H and O–H groups in total. The van der Waals surface area contributed by atoms with Gasteiger partial charge in [0.05, 0.1) is 0 Å². The lowest BCUT2D eigenvalue weighted by molar-refractivity contribution is 0.116. The Bertz CT molecular complexity index is 244. The second-order valence-electron chi connectivity index (χ2n) is 6.55. The lowest BCUT2D eigenvalue weighted by Gasteiger charge is -2.37. The first-order valence-electron chi connectivity index (χ1n) is 7.23. The summed E-state index contributed by atoms with van der Waals surface area (Å²) in [4.78, 5) is 5.16. The number of hydrogen-bond donors (Lipinski definition) is 1. The molecule has 2 aliphatic rings. The minimum atomic E-state index is 0.357. The Morgan fingerprint density at radius 3 is 2.18 bits per heavy atom. The highest BCUT2D eigenvalue weighted by atomic mass is 15.3. The lowest BCUT2D eigenvalue weighted by atomic mass is 9.85. The summed E-state index contributed by atoms with van der Waals surface area (Å²) in [5.74, 6) is 0.721. The molecule has 0 aromatic rings. The molecule has 2 rings (SSSR count). The standard InChI is InChI=1S/C14H29N3/c1-4-16-7-9-17(10-8-16)11-12-5-6-14(2,3)13(12)15/h12-13H,4-11,15H2,1-3H3. The van der Waals surface area contributed by atoms with Crippen LogP contribution in [0.1, 0.15) is 33.6 Å². The van der Waals surface area contributed by atoms with Gasteiger partial charge in [-0.15, -0.1) is 0 Å². The van der Waals surface area contributed by atoms with Crippen LogP contribution in [-0.2, 0) is 0 Å². The highest BCUT2D eigenvalue weighted by Gasteiger charge is 2.39. The number of likely N-dealkylation sites (N-methyl/N-ethyl adjacent to an activating group) is 1. The van der Waals surface area contributed by atoms with Gasteiger partial charge >= 0.3 is 0 Å². The van der Waals surface area contributed by atoms with Gasteiger partial charge in [0.25, 0.3) is 0 Å². The monoisotopic (exact) mass is 239 g/mol. The molecule has 2 unspecified atom stereocenters. The van der Waals surface area contributed by atoms with Gasteiger partial charge in [-0.2, -0.15) is 0 Å². The van der Waals surface area contributed by atoms with E-state index in [0.29, 0.717) is 11.5 Å². The molecule has 1 saturated heterocycles. The zero-order valence-corrected chi connectivity index (χ0v) is 11.8. The highest BCUT2D eigenvalue weighted by molar-refractivity contribution is 4.95. The molecule has 100 valence electrons. The van der Waals surface area contributed by atoms with Gasteiger partial charge in [-0.05, 0) is 30.7 Å². The quantitative estimate of drug-likeness (QED) is 0.808. The zero-order valence-electron chi connectivity index (χ0n) is 11.8. The lowest BCUT2D eigenvalue weighted by Crippen LogP contribution is -2.49. The fourth-order valence-corrected chi connectivity index (χ4v) is 3.37. The molecule has 17 heavy (non-hydrogen) atoms. The SMILES string of the molecule is CCN1CCN(CC2CCC(C)(C)C2N)CC1. The van der Waals surface area contributed by atoms with Crippen LogP contribution < -0.4 is 5.73 Å². The minimum absolute atomic E-state index is 0.357. The van der Waals surface area contributed by atoms with Crippen molar-refractivity contribution < 1.29 is 0 Å². The molecule has 0 spiro atoms. The summed E-state index contributed by atoms with van der Waals surface area (Å²) in [7, 11) is 0. The molecule has 0 aromatic carbocycles. The van der Waals surface area contributed by atoms with Crippen molar-refractivity contribution in [2.24, 2.45) is 17.1 Å². The third-order valence-electron chi connectivity index (χ3n) is 4.97. The minimum Gasteiger partial charge on any atom is -0.327 e. The maximum Gasteiger partial charge on any atom is 0.0131 e. The zero-order chi connectivity index (χ0) is 12.5. The first kappa shape index (κ1) is 13.3. The van der Waals surface area contributed by atoms with E-state index in [2.05, 4.69) is 30.6 Å². The van der Waals surface area contributed by atoms with Crippen LogP contribution >= 0.6 is 0 Å². The van der Waals surface area contributed by atoms with Gasteiger partial charge in [-0.25, -0.2) is 0 Å². The van der Waals surface area contributed by atoms with Crippen LogP contribution in [0.3, 0.4) is 0 Å². The second-order valence-corrected chi connectivity index (χ2v) is 6.55. The molecule has 3 heteroatoms. The van der Waals surface area contributed by atoms with Gasteiger partial charge in [0.1, 0.15) is 0 Å². The smallest absolute Gasteiger partial charge is 0.0131 e. The Balaban J connectivity index is 1.79. The van der Waals surface area contributed by atoms with Crippen LogP contribution in [0, 0.1) is 11.3 Å². The maximum atomic E-state index is 6.39. The Morgan fingerprint density at radius 1 is 1.12 bits per heavy atom. The average Bonchev–Trinajstić information content (AvgIpc) is 2.57. The number of rotatable bonds is 3. The first-order chi connectivity index (χ1) is 8.03. The van der Waals surface area contributed by atoms with Crippen molar-refractivity contribution in [3.8, 4) is 0 Å². The summed E-state index contributed by atoms with van der Waals surface area (Å²) < 4.78 is 0. The van der Waals surface area contributed by atoms with E-state index in [4.69, 9.17) is 5.73 Å². The number of nitrogens with two attached hydrogens (primary N) is 1. The second kappa shape index (κ2) is 5.25. The van der Waals surface area contributed by atoms with E-state index >= 15 is 0 Å². The molecule has 0 amide bonds. The third kappa shape index (κ3) is 3.01. The average molecular weight is 239 g/mol.